The van der Waals surface area contributed by atoms with Crippen molar-refractivity contribution in [2.45, 2.75) is 33.4 Å². The summed E-state index contributed by atoms with van der Waals surface area (Å²) in [4.78, 5) is 26.8. The fourth-order valence-corrected chi connectivity index (χ4v) is 2.58. The molecule has 0 aliphatic rings. The van der Waals surface area contributed by atoms with Gasteiger partial charge in [0.1, 0.15) is 10.8 Å². The summed E-state index contributed by atoms with van der Waals surface area (Å²) in [6, 6.07) is 6.80. The lowest BCUT2D eigenvalue weighted by Gasteiger charge is -2.16. The van der Waals surface area contributed by atoms with Gasteiger partial charge in [-0.25, -0.2) is 0 Å². The Bertz CT molecular complexity index is 818. The molecule has 2 N–H and O–H groups in total. The topological polar surface area (TPSA) is 71.2 Å². The zero-order valence-electron chi connectivity index (χ0n) is 13.6. The Hall–Kier alpha value is -1.98. The fourth-order valence-electron chi connectivity index (χ4n) is 2.24. The van der Waals surface area contributed by atoms with Crippen LogP contribution in [0.25, 0.3) is 0 Å². The van der Waals surface area contributed by atoms with Crippen LogP contribution in [0.2, 0.25) is 10.0 Å². The van der Waals surface area contributed by atoms with Crippen LogP contribution in [0.3, 0.4) is 0 Å². The Morgan fingerprint density at radius 1 is 1.33 bits per heavy atom. The molecule has 7 heteroatoms. The average Bonchev–Trinajstić information content (AvgIpc) is 2.50. The van der Waals surface area contributed by atoms with Crippen molar-refractivity contribution in [3.8, 4) is 5.75 Å². The highest BCUT2D eigenvalue weighted by Crippen LogP contribution is 2.32. The number of amides is 1. The highest BCUT2D eigenvalue weighted by Gasteiger charge is 2.17. The number of hydrogen-bond acceptors (Lipinski definition) is 3. The summed E-state index contributed by atoms with van der Waals surface area (Å²) in [5.74, 6) is -0.0263. The highest BCUT2D eigenvalue weighted by atomic mass is 35.5. The molecule has 0 aliphatic carbocycles. The second kappa shape index (κ2) is 7.73. The van der Waals surface area contributed by atoms with Crippen LogP contribution in [-0.2, 0) is 11.3 Å². The van der Waals surface area contributed by atoms with E-state index in [-0.39, 0.29) is 23.0 Å². The van der Waals surface area contributed by atoms with E-state index in [0.717, 1.165) is 11.3 Å². The second-order valence-corrected chi connectivity index (χ2v) is 6.26. The van der Waals surface area contributed by atoms with Gasteiger partial charge >= 0.3 is 0 Å². The largest absolute Gasteiger partial charge is 0.479 e. The van der Waals surface area contributed by atoms with Gasteiger partial charge in [-0.3, -0.25) is 9.59 Å². The number of halogens is 2. The zero-order valence-corrected chi connectivity index (χ0v) is 15.1. The Labute approximate surface area is 149 Å². The van der Waals surface area contributed by atoms with E-state index >= 15 is 0 Å². The first-order valence-electron chi connectivity index (χ1n) is 7.37. The van der Waals surface area contributed by atoms with Gasteiger partial charge in [-0.1, -0.05) is 29.3 Å². The number of nitrogens with one attached hydrogen (secondary N) is 2. The van der Waals surface area contributed by atoms with Crippen LogP contribution in [0.1, 0.15) is 23.7 Å². The molecule has 0 bridgehead atoms. The first kappa shape index (κ1) is 18.4. The van der Waals surface area contributed by atoms with E-state index in [1.165, 1.54) is 0 Å². The molecular weight excluding hydrogens is 351 g/mol. The number of ether oxygens (including phenoxy) is 1. The molecule has 1 heterocycles. The Balaban J connectivity index is 2.02. The van der Waals surface area contributed by atoms with Gasteiger partial charge in [-0.15, -0.1) is 0 Å². The lowest BCUT2D eigenvalue weighted by Crippen LogP contribution is -2.37. The Morgan fingerprint density at radius 3 is 2.71 bits per heavy atom. The van der Waals surface area contributed by atoms with E-state index in [2.05, 4.69) is 10.3 Å². The van der Waals surface area contributed by atoms with Gasteiger partial charge in [0.25, 0.3) is 11.5 Å². The smallest absolute Gasteiger partial charge is 0.261 e. The molecule has 1 unspecified atom stereocenters. The van der Waals surface area contributed by atoms with Crippen LogP contribution in [-0.4, -0.2) is 17.0 Å². The molecule has 0 saturated heterocycles. The summed E-state index contributed by atoms with van der Waals surface area (Å²) >= 11 is 12.0. The number of carbonyl (C=O) groups is 1. The molecule has 0 fully saturated rings. The summed E-state index contributed by atoms with van der Waals surface area (Å²) in [5, 5.41) is 3.30. The van der Waals surface area contributed by atoms with E-state index in [1.54, 1.807) is 32.0 Å². The molecule has 128 valence electrons. The number of benzene rings is 1. The number of carbonyl (C=O) groups excluding carboxylic acids is 1. The summed E-state index contributed by atoms with van der Waals surface area (Å²) in [6.45, 7) is 5.35. The minimum absolute atomic E-state index is 0.122. The molecule has 24 heavy (non-hydrogen) atoms. The minimum Gasteiger partial charge on any atom is -0.479 e. The zero-order chi connectivity index (χ0) is 17.9. The molecule has 1 aromatic carbocycles. The van der Waals surface area contributed by atoms with Crippen LogP contribution in [0, 0.1) is 13.8 Å². The van der Waals surface area contributed by atoms with Crippen LogP contribution in [0.15, 0.2) is 29.1 Å². The van der Waals surface area contributed by atoms with Crippen molar-refractivity contribution < 1.29 is 9.53 Å². The van der Waals surface area contributed by atoms with E-state index in [4.69, 9.17) is 27.9 Å². The van der Waals surface area contributed by atoms with Crippen molar-refractivity contribution in [3.05, 3.63) is 61.5 Å². The van der Waals surface area contributed by atoms with Crippen molar-refractivity contribution in [1.82, 2.24) is 10.3 Å². The van der Waals surface area contributed by atoms with Crippen LogP contribution in [0.4, 0.5) is 0 Å². The molecule has 2 rings (SSSR count). The van der Waals surface area contributed by atoms with Crippen molar-refractivity contribution in [1.29, 1.82) is 0 Å². The van der Waals surface area contributed by atoms with Crippen molar-refractivity contribution in [2.24, 2.45) is 0 Å². The summed E-state index contributed by atoms with van der Waals surface area (Å²) in [7, 11) is 0. The summed E-state index contributed by atoms with van der Waals surface area (Å²) in [5.41, 5.74) is 1.91. The normalized spacial score (nSPS) is 11.9. The van der Waals surface area contributed by atoms with Gasteiger partial charge in [-0.2, -0.15) is 0 Å². The Morgan fingerprint density at radius 2 is 2.04 bits per heavy atom. The standard InChI is InChI=1S/C17H18Cl2N2O3/c1-9-7-10(2)21-17(23)12(9)8-20-16(22)11(3)24-14-6-4-5-13(18)15(14)19/h4-7,11H,8H2,1-3H3,(H,20,22)(H,21,23). The van der Waals surface area contributed by atoms with E-state index in [9.17, 15) is 9.59 Å². The molecule has 0 aliphatic heterocycles. The number of aryl methyl sites for hydroxylation is 2. The maximum absolute atomic E-state index is 12.2. The molecule has 1 amide bonds. The molecule has 1 aromatic heterocycles. The third kappa shape index (κ3) is 4.30. The van der Waals surface area contributed by atoms with Crippen molar-refractivity contribution in [2.75, 3.05) is 0 Å². The van der Waals surface area contributed by atoms with Gasteiger partial charge in [0.05, 0.1) is 5.02 Å². The Kier molecular flexibility index (Phi) is 5.91. The van der Waals surface area contributed by atoms with Gasteiger partial charge in [0.2, 0.25) is 0 Å². The van der Waals surface area contributed by atoms with Crippen LogP contribution < -0.4 is 15.6 Å². The SMILES string of the molecule is Cc1cc(C)c(CNC(=O)C(C)Oc2cccc(Cl)c2Cl)c(=O)[nH]1. The maximum atomic E-state index is 12.2. The molecule has 0 saturated carbocycles. The van der Waals surface area contributed by atoms with E-state index < -0.39 is 6.10 Å². The lowest BCUT2D eigenvalue weighted by atomic mass is 10.1. The molecule has 0 spiro atoms. The van der Waals surface area contributed by atoms with Gasteiger partial charge in [0, 0.05) is 17.8 Å². The van der Waals surface area contributed by atoms with Gasteiger partial charge in [0.15, 0.2) is 6.10 Å². The number of H-pyrrole nitrogens is 1. The predicted molar refractivity (Wildman–Crippen MR) is 94.9 cm³/mol. The van der Waals surface area contributed by atoms with Crippen LogP contribution in [0.5, 0.6) is 5.75 Å². The quantitative estimate of drug-likeness (QED) is 0.849. The molecule has 0 radical (unpaired) electrons. The molecule has 1 atom stereocenters. The highest BCUT2D eigenvalue weighted by molar-refractivity contribution is 6.42. The van der Waals surface area contributed by atoms with Crippen molar-refractivity contribution >= 4 is 29.1 Å². The third-order valence-corrected chi connectivity index (χ3v) is 4.32. The fraction of sp³-hybridized carbons (Fsp3) is 0.294. The number of aromatic nitrogens is 1. The van der Waals surface area contributed by atoms with Crippen LogP contribution >= 0.6 is 23.2 Å². The maximum Gasteiger partial charge on any atom is 0.261 e. The molecule has 2 aromatic rings. The number of rotatable bonds is 5. The minimum atomic E-state index is -0.786. The predicted octanol–water partition coefficient (Wildman–Crippen LogP) is 3.38. The van der Waals surface area contributed by atoms with Crippen molar-refractivity contribution in [3.63, 3.8) is 0 Å². The summed E-state index contributed by atoms with van der Waals surface area (Å²) < 4.78 is 5.54. The first-order chi connectivity index (χ1) is 11.3. The number of aromatic amines is 1. The van der Waals surface area contributed by atoms with Gasteiger partial charge < -0.3 is 15.0 Å². The van der Waals surface area contributed by atoms with Gasteiger partial charge in [-0.05, 0) is 44.5 Å². The second-order valence-electron chi connectivity index (χ2n) is 5.47. The number of pyridine rings is 1. The third-order valence-electron chi connectivity index (χ3n) is 3.52. The lowest BCUT2D eigenvalue weighted by molar-refractivity contribution is -0.127. The summed E-state index contributed by atoms with van der Waals surface area (Å²) in [6.07, 6.45) is -0.786. The van der Waals surface area contributed by atoms with E-state index in [0.29, 0.717) is 16.3 Å². The molecule has 5 nitrogen and oxygen atoms in total. The first-order valence-corrected chi connectivity index (χ1v) is 8.13. The average molecular weight is 369 g/mol. The van der Waals surface area contributed by atoms with E-state index in [1.807, 2.05) is 13.0 Å². The monoisotopic (exact) mass is 368 g/mol. The molecular formula is C17H18Cl2N2O3. The number of hydrogen-bond donors (Lipinski definition) is 2.